The number of aliphatic carboxylic acids is 3. The van der Waals surface area contributed by atoms with Gasteiger partial charge in [0.25, 0.3) is 0 Å². The summed E-state index contributed by atoms with van der Waals surface area (Å²) >= 11 is 1.28. The first kappa shape index (κ1) is 93.6. The molecule has 0 aliphatic carbocycles. The third-order valence-electron chi connectivity index (χ3n) is 17.7. The first-order chi connectivity index (χ1) is 53.4. The van der Waals surface area contributed by atoms with Crippen molar-refractivity contribution in [3.63, 3.8) is 0 Å². The summed E-state index contributed by atoms with van der Waals surface area (Å²) in [5.41, 5.74) is 18.6. The number of hydrogen-bond acceptors (Lipinski definition) is 22. The molecule has 0 saturated carbocycles. The molecule has 4 aromatic carbocycles. The van der Waals surface area contributed by atoms with Crippen molar-refractivity contribution in [1.29, 1.82) is 5.41 Å². The van der Waals surface area contributed by atoms with E-state index in [0.29, 0.717) is 28.7 Å². The lowest BCUT2D eigenvalue weighted by atomic mass is 9.99. The van der Waals surface area contributed by atoms with E-state index in [4.69, 9.17) is 22.6 Å². The highest BCUT2D eigenvalue weighted by Crippen LogP contribution is 2.19. The number of carboxylic acid groups (broad SMARTS) is 3. The molecule has 0 bridgehead atoms. The fourth-order valence-corrected chi connectivity index (χ4v) is 11.8. The molecule has 4 aromatic rings. The van der Waals surface area contributed by atoms with Gasteiger partial charge in [-0.15, -0.1) is 0 Å². The number of carboxylic acids is 3. The monoisotopic (exact) mass is 1600 g/mol. The van der Waals surface area contributed by atoms with Gasteiger partial charge in [-0.05, 0) is 153 Å². The number of nitrogens with one attached hydrogen (secondary N) is 13. The van der Waals surface area contributed by atoms with E-state index in [9.17, 15) is 93.3 Å². The van der Waals surface area contributed by atoms with Crippen molar-refractivity contribution < 1.29 is 103 Å². The molecule has 113 heavy (non-hydrogen) atoms. The number of nitrogens with two attached hydrogens (primary N) is 3. The molecule has 0 aromatic heterocycles. The Balaban J connectivity index is 1.69. The maximum atomic E-state index is 15.1. The van der Waals surface area contributed by atoms with E-state index in [1.165, 1.54) is 130 Å². The predicted octanol–water partition coefficient (Wildman–Crippen LogP) is -1.66. The molecule has 0 aliphatic heterocycles. The molecule has 0 unspecified atom stereocenters. The highest BCUT2D eigenvalue weighted by Gasteiger charge is 2.38. The molecule has 38 heteroatoms. The van der Waals surface area contributed by atoms with E-state index < -0.39 is 186 Å². The number of phenolic OH excluding ortho intramolecular Hbond substituents is 4. The second-order valence-corrected chi connectivity index (χ2v) is 28.7. The van der Waals surface area contributed by atoms with Crippen LogP contribution in [0.2, 0.25) is 0 Å². The number of rotatable bonds is 49. The number of carbonyl (C=O) groups is 14. The van der Waals surface area contributed by atoms with Crippen molar-refractivity contribution in [2.75, 3.05) is 25.1 Å². The van der Waals surface area contributed by atoms with Crippen molar-refractivity contribution in [3.05, 3.63) is 119 Å². The van der Waals surface area contributed by atoms with Crippen molar-refractivity contribution in [1.82, 2.24) is 63.8 Å². The van der Waals surface area contributed by atoms with Crippen LogP contribution in [0.25, 0.3) is 0 Å². The normalized spacial score (nSPS) is 14.3. The zero-order chi connectivity index (χ0) is 84.2. The van der Waals surface area contributed by atoms with Gasteiger partial charge in [-0.3, -0.25) is 67.7 Å². The minimum atomic E-state index is -1.91. The Morgan fingerprint density at radius 2 is 0.726 bits per heavy atom. The van der Waals surface area contributed by atoms with E-state index in [1.807, 2.05) is 0 Å². The SMILES string of the molecule is CSCC[C@H](NC(=O)[C@H](CC(=O)O)NC(=O)[C@H](Cc1ccc(O)cc1)NC(=O)[C@@H](NC(=O)[C@H](C)NC(=O)[C@H](Cc1ccc(O)cc1)NC(=O)[C@H](Cc1ccc(O)cc1)NC(=O)[C@H](Cc1ccc(O)cc1)NC(=O)[C@H](CCCCN)NC(=O)[C@H](CCC(=O)O)NC(=O)[C@@H](N)CCCNC(=N)N)C(C)C)C(=O)N[C@H](C(=O)O)C(C)C. The first-order valence-electron chi connectivity index (χ1n) is 36.5. The predicted molar refractivity (Wildman–Crippen MR) is 414 cm³/mol. The number of phenols is 4. The maximum absolute atomic E-state index is 15.1. The lowest BCUT2D eigenvalue weighted by Gasteiger charge is -2.29. The molecule has 26 N–H and O–H groups in total. The Kier molecular flexibility index (Phi) is 39.3. The van der Waals surface area contributed by atoms with E-state index in [1.54, 1.807) is 20.1 Å². The first-order valence-corrected chi connectivity index (χ1v) is 37.9. The lowest BCUT2D eigenvalue weighted by molar-refractivity contribution is -0.144. The molecule has 4 rings (SSSR count). The summed E-state index contributed by atoms with van der Waals surface area (Å²) in [7, 11) is 0. The van der Waals surface area contributed by atoms with Gasteiger partial charge >= 0.3 is 17.9 Å². The number of guanidine groups is 1. The van der Waals surface area contributed by atoms with Crippen LogP contribution in [-0.4, -0.2) is 222 Å². The Labute approximate surface area is 656 Å². The molecule has 12 atom stereocenters. The van der Waals surface area contributed by atoms with Gasteiger partial charge in [-0.2, -0.15) is 11.8 Å². The van der Waals surface area contributed by atoms with Gasteiger partial charge < -0.3 is 117 Å². The summed E-state index contributed by atoms with van der Waals surface area (Å²) in [6.45, 7) is 7.71. The van der Waals surface area contributed by atoms with Crippen LogP contribution in [0.5, 0.6) is 23.0 Å². The van der Waals surface area contributed by atoms with Crippen molar-refractivity contribution in [2.45, 2.75) is 191 Å². The summed E-state index contributed by atoms with van der Waals surface area (Å²) in [5, 5.41) is 108. The Morgan fingerprint density at radius 1 is 0.389 bits per heavy atom. The standard InChI is InChI=1S/C75H106N16O21S/c1-39(2)61(73(110)89-57(37-45-18-26-49(95)27-19-45)71(108)88-58(38-60(98)99)72(109)84-53(30-33-113-6)67(104)91-62(40(3)4)74(111)112)90-63(100)41(5)81-68(105)54(34-42-12-20-46(92)21-13-42)86-70(107)56(36-44-16-24-48(94)25-17-44)87-69(106)55(35-43-14-22-47(93)23-15-43)85-65(102)51(11-7-8-31-76)83-66(103)52(28-29-59(96)97)82-64(101)50(77)10-9-32-80-75(78)79/h12-27,39-41,50-58,61-62,92-95H,7-11,28-38,76-77H2,1-6H3,(H,81,105)(H,82,101)(H,83,103)(H,84,109)(H,85,102)(H,86,107)(H,87,106)(H,88,108)(H,89,110)(H,90,100)(H,91,104)(H,96,97)(H,98,99)(H,111,112)(H4,78,79,80)/t41-,50-,51-,52-,53-,54-,55-,56-,57-,58-,61-,62-/m0/s1. The van der Waals surface area contributed by atoms with E-state index in [0.717, 1.165) is 0 Å². The number of hydrogen-bond donors (Lipinski definition) is 23. The van der Waals surface area contributed by atoms with E-state index >= 15 is 9.59 Å². The van der Waals surface area contributed by atoms with Gasteiger partial charge in [0.1, 0.15) is 89.5 Å². The highest BCUT2D eigenvalue weighted by molar-refractivity contribution is 7.98. The second kappa shape index (κ2) is 47.4. The molecule has 37 nitrogen and oxygen atoms in total. The minimum Gasteiger partial charge on any atom is -0.508 e. The van der Waals surface area contributed by atoms with Crippen LogP contribution in [0.15, 0.2) is 97.1 Å². The van der Waals surface area contributed by atoms with Gasteiger partial charge in [0, 0.05) is 38.6 Å². The average molecular weight is 1600 g/mol. The van der Waals surface area contributed by atoms with Crippen LogP contribution in [0, 0.1) is 17.2 Å². The number of amides is 11. The molecule has 0 aliphatic rings. The van der Waals surface area contributed by atoms with Crippen LogP contribution in [0.3, 0.4) is 0 Å². The zero-order valence-corrected chi connectivity index (χ0v) is 64.4. The molecular weight excluding hydrogens is 1490 g/mol. The van der Waals surface area contributed by atoms with Crippen LogP contribution >= 0.6 is 11.8 Å². The van der Waals surface area contributed by atoms with E-state index in [-0.39, 0.29) is 106 Å². The molecular formula is C75H106N16O21S. The summed E-state index contributed by atoms with van der Waals surface area (Å²) < 4.78 is 0. The van der Waals surface area contributed by atoms with Gasteiger partial charge in [-0.1, -0.05) is 76.2 Å². The Morgan fingerprint density at radius 3 is 1.10 bits per heavy atom. The average Bonchev–Trinajstić information content (AvgIpc) is 0.840. The number of aromatic hydroxyl groups is 4. The smallest absolute Gasteiger partial charge is 0.326 e. The highest BCUT2D eigenvalue weighted by atomic mass is 32.2. The summed E-state index contributed by atoms with van der Waals surface area (Å²) in [5.74, 6) is -17.5. The van der Waals surface area contributed by atoms with Crippen molar-refractivity contribution in [3.8, 4) is 23.0 Å². The van der Waals surface area contributed by atoms with Crippen molar-refractivity contribution in [2.24, 2.45) is 29.0 Å². The lowest BCUT2D eigenvalue weighted by Crippen LogP contribution is -2.61. The van der Waals surface area contributed by atoms with Crippen LogP contribution in [0.4, 0.5) is 0 Å². The van der Waals surface area contributed by atoms with Crippen LogP contribution in [-0.2, 0) is 92.8 Å². The Hall–Kier alpha value is -11.8. The third kappa shape index (κ3) is 33.8. The molecule has 11 amide bonds. The minimum absolute atomic E-state index is 0.0497. The van der Waals surface area contributed by atoms with Gasteiger partial charge in [0.05, 0.1) is 12.5 Å². The molecule has 618 valence electrons. The largest absolute Gasteiger partial charge is 0.508 e. The fourth-order valence-electron chi connectivity index (χ4n) is 11.3. The zero-order valence-electron chi connectivity index (χ0n) is 63.6. The van der Waals surface area contributed by atoms with Gasteiger partial charge in [0.2, 0.25) is 65.0 Å². The molecule has 0 heterocycles. The summed E-state index contributed by atoms with van der Waals surface area (Å²) in [6, 6.07) is 3.08. The molecule has 0 saturated heterocycles. The summed E-state index contributed by atoms with van der Waals surface area (Å²) in [6.07, 6.45) is -1.14. The third-order valence-corrected chi connectivity index (χ3v) is 18.4. The fraction of sp³-hybridized carbons (Fsp3) is 0.480. The van der Waals surface area contributed by atoms with E-state index in [2.05, 4.69) is 63.8 Å². The molecule has 0 spiro atoms. The van der Waals surface area contributed by atoms with Gasteiger partial charge in [0.15, 0.2) is 5.96 Å². The molecule has 0 radical (unpaired) electrons. The van der Waals surface area contributed by atoms with Crippen LogP contribution in [0.1, 0.15) is 115 Å². The topological polar surface area (TPSA) is 627 Å². The number of unbranched alkanes of at least 4 members (excludes halogenated alkanes) is 1. The summed E-state index contributed by atoms with van der Waals surface area (Å²) in [4.78, 5) is 194. The number of carbonyl (C=O) groups excluding carboxylic acids is 11. The molecule has 0 fully saturated rings. The maximum Gasteiger partial charge on any atom is 0.326 e. The van der Waals surface area contributed by atoms with Crippen molar-refractivity contribution >= 4 is 101 Å². The number of thioether (sulfide) groups is 1. The quantitative estimate of drug-likeness (QED) is 0.0134. The van der Waals surface area contributed by atoms with Gasteiger partial charge in [-0.25, -0.2) is 4.79 Å². The second-order valence-electron chi connectivity index (χ2n) is 27.7. The Bertz CT molecular complexity index is 3900. The van der Waals surface area contributed by atoms with Crippen LogP contribution < -0.4 is 81.0 Å². The number of benzene rings is 4.